The summed E-state index contributed by atoms with van der Waals surface area (Å²) in [7, 11) is -4.44. The molecule has 0 aliphatic rings. The van der Waals surface area contributed by atoms with Crippen molar-refractivity contribution in [2.45, 2.75) is 4.90 Å². The molecule has 1 heterocycles. The third kappa shape index (κ3) is 4.97. The van der Waals surface area contributed by atoms with Crippen LogP contribution in [0.5, 0.6) is 5.75 Å². The Balaban J connectivity index is 1.58. The Labute approximate surface area is 195 Å². The molecule has 3 aromatic carbocycles. The first-order chi connectivity index (χ1) is 15.4. The van der Waals surface area contributed by atoms with Crippen LogP contribution >= 0.6 is 0 Å². The number of benzene rings is 3. The van der Waals surface area contributed by atoms with Gasteiger partial charge >= 0.3 is 144 Å². The van der Waals surface area contributed by atoms with Crippen molar-refractivity contribution in [1.29, 1.82) is 0 Å². The Morgan fingerprint density at radius 3 is 2.50 bits per heavy atom. The number of pyridine rings is 1. The number of halogens is 3. The van der Waals surface area contributed by atoms with Gasteiger partial charge in [0.05, 0.1) is 0 Å². The number of fused-ring (bicyclic) bond motifs is 1. The van der Waals surface area contributed by atoms with Crippen molar-refractivity contribution in [3.63, 3.8) is 0 Å². The maximum atomic E-state index is 13.9. The molecule has 4 rings (SSSR count). The Kier molecular flexibility index (Phi) is 6.52. The summed E-state index contributed by atoms with van der Waals surface area (Å²) >= 11 is -0.128. The predicted molar refractivity (Wildman–Crippen MR) is 116 cm³/mol. The van der Waals surface area contributed by atoms with Crippen molar-refractivity contribution < 1.29 is 42.6 Å². The summed E-state index contributed by atoms with van der Waals surface area (Å²) in [5.74, 6) is -2.03. The average molecular weight is 564 g/mol. The van der Waals surface area contributed by atoms with E-state index in [0.717, 1.165) is 37.7 Å². The number of rotatable bonds is 6. The van der Waals surface area contributed by atoms with Crippen LogP contribution in [-0.4, -0.2) is 18.3 Å². The van der Waals surface area contributed by atoms with E-state index >= 15 is 0 Å². The molecule has 0 saturated carbocycles. The van der Waals surface area contributed by atoms with Gasteiger partial charge in [-0.15, -0.1) is 0 Å². The summed E-state index contributed by atoms with van der Waals surface area (Å²) < 4.78 is 58.0. The van der Waals surface area contributed by atoms with Gasteiger partial charge in [0.25, 0.3) is 0 Å². The summed E-state index contributed by atoms with van der Waals surface area (Å²) in [6.07, 6.45) is 5.84. The van der Waals surface area contributed by atoms with Gasteiger partial charge in [-0.05, 0) is 12.1 Å². The molecule has 0 aliphatic carbocycles. The predicted octanol–water partition coefficient (Wildman–Crippen LogP) is 2.34. The monoisotopic (exact) mass is 564 g/mol. The zero-order valence-corrected chi connectivity index (χ0v) is 19.8. The second-order valence-electron chi connectivity index (χ2n) is 6.79. The Morgan fingerprint density at radius 1 is 0.938 bits per heavy atom. The molecule has 4 aromatic rings. The maximum absolute atomic E-state index is 13.9. The van der Waals surface area contributed by atoms with E-state index in [9.17, 15) is 17.2 Å². The molecule has 0 spiro atoms. The summed E-state index contributed by atoms with van der Waals surface area (Å²) in [4.78, 5) is 5.87. The van der Waals surface area contributed by atoms with Crippen LogP contribution in [0.25, 0.3) is 22.9 Å². The molecule has 0 unspecified atom stereocenters. The second-order valence-corrected chi connectivity index (χ2v) is 10.4. The minimum atomic E-state index is -4.44. The fourth-order valence-electron chi connectivity index (χ4n) is 3.11. The van der Waals surface area contributed by atoms with Crippen molar-refractivity contribution in [2.75, 3.05) is 4.93 Å². The van der Waals surface area contributed by atoms with Crippen molar-refractivity contribution in [1.82, 2.24) is 4.98 Å². The van der Waals surface area contributed by atoms with Gasteiger partial charge in [0.2, 0.25) is 0 Å². The summed E-state index contributed by atoms with van der Waals surface area (Å²) in [6.45, 7) is 0. The molecule has 1 aromatic heterocycles. The van der Waals surface area contributed by atoms with Gasteiger partial charge in [-0.3, -0.25) is 0 Å². The molecular weight excluding hydrogens is 547 g/mol. The number of alkyl halides is 1. The zero-order chi connectivity index (χ0) is 22.7. The van der Waals surface area contributed by atoms with E-state index in [0.29, 0.717) is 6.07 Å². The van der Waals surface area contributed by atoms with E-state index in [1.54, 1.807) is 18.3 Å². The van der Waals surface area contributed by atoms with Gasteiger partial charge in [-0.2, -0.15) is 8.42 Å². The molecule has 0 atom stereocenters. The van der Waals surface area contributed by atoms with Crippen LogP contribution in [0.4, 0.5) is 8.78 Å². The van der Waals surface area contributed by atoms with Crippen molar-refractivity contribution >= 4 is 33.0 Å². The topological polar surface area (TPSA) is 56.3 Å². The number of aromatic nitrogens is 1. The van der Waals surface area contributed by atoms with Crippen molar-refractivity contribution in [3.05, 3.63) is 99.4 Å². The molecule has 0 N–H and O–H groups in total. The summed E-state index contributed by atoms with van der Waals surface area (Å²) in [5.41, 5.74) is 2.08. The third-order valence-corrected chi connectivity index (χ3v) is 7.83. The van der Waals surface area contributed by atoms with Crippen LogP contribution in [0.1, 0.15) is 11.1 Å². The quantitative estimate of drug-likeness (QED) is 0.156. The van der Waals surface area contributed by atoms with Crippen LogP contribution in [0, 0.1) is 15.3 Å². The third-order valence-electron chi connectivity index (χ3n) is 4.63. The van der Waals surface area contributed by atoms with Crippen LogP contribution in [0.3, 0.4) is 0 Å². The first-order valence-electron chi connectivity index (χ1n) is 9.42. The van der Waals surface area contributed by atoms with Gasteiger partial charge in [0.15, 0.2) is 0 Å². The van der Waals surface area contributed by atoms with Crippen molar-refractivity contribution in [3.8, 4) is 5.75 Å². The molecule has 0 aliphatic heterocycles. The Bertz CT molecular complexity index is 1440. The van der Waals surface area contributed by atoms with E-state index in [4.69, 9.17) is 4.18 Å². The van der Waals surface area contributed by atoms with Crippen LogP contribution in [-0.2, 0) is 10.1 Å². The van der Waals surface area contributed by atoms with Gasteiger partial charge in [0, 0.05) is 6.07 Å². The second kappa shape index (κ2) is 9.33. The zero-order valence-electron chi connectivity index (χ0n) is 16.8. The van der Waals surface area contributed by atoms with Gasteiger partial charge in [-0.25, -0.2) is 8.78 Å². The summed E-state index contributed by atoms with van der Waals surface area (Å²) in [5, 5.41) is 1.65. The fraction of sp³-hybridized carbons (Fsp3) is 0.0417. The van der Waals surface area contributed by atoms with Crippen LogP contribution in [0.2, 0.25) is 0 Å². The number of hydrogen-bond acceptors (Lipinski definition) is 4. The fourth-order valence-corrected chi connectivity index (χ4v) is 5.52. The molecule has 164 valence electrons. The molecule has 32 heavy (non-hydrogen) atoms. The van der Waals surface area contributed by atoms with E-state index in [2.05, 4.69) is 9.91 Å². The Morgan fingerprint density at radius 2 is 1.72 bits per heavy atom. The molecule has 0 radical (unpaired) electrons. The van der Waals surface area contributed by atoms with E-state index < -0.39 is 26.6 Å². The first-order valence-corrected chi connectivity index (χ1v) is 14.1. The SMILES string of the molecule is C[I-]c1ncccc1/C=C\c1ccc2cc(OS(=O)(=O)c3ccc(F)cc3F)ccc2c1. The van der Waals surface area contributed by atoms with E-state index in [1.165, 1.54) is 6.07 Å². The molecule has 4 nitrogen and oxygen atoms in total. The van der Waals surface area contributed by atoms with Crippen molar-refractivity contribution in [2.24, 2.45) is 0 Å². The standard InChI is InChI=1S/C24H17F2INO3S/c1-27-24-17(3-2-12-28-24)6-4-16-5-7-19-14-21(10-8-18(19)13-16)31-32(29,30)23-11-9-20(25)15-22(23)26/h2-15H,1H3/q-1/b6-4-. The van der Waals surface area contributed by atoms with E-state index in [1.807, 2.05) is 42.5 Å². The van der Waals surface area contributed by atoms with Crippen LogP contribution < -0.4 is 25.4 Å². The van der Waals surface area contributed by atoms with Gasteiger partial charge in [0.1, 0.15) is 16.5 Å². The van der Waals surface area contributed by atoms with Gasteiger partial charge in [-0.1, -0.05) is 0 Å². The minimum absolute atomic E-state index is 0.0383. The van der Waals surface area contributed by atoms with E-state index in [-0.39, 0.29) is 27.0 Å². The van der Waals surface area contributed by atoms with Gasteiger partial charge < -0.3 is 0 Å². The molecule has 8 heteroatoms. The molecule has 0 saturated heterocycles. The first kappa shape index (κ1) is 22.3. The molecule has 0 bridgehead atoms. The average Bonchev–Trinajstić information content (AvgIpc) is 2.77. The van der Waals surface area contributed by atoms with Crippen LogP contribution in [0.15, 0.2) is 77.8 Å². The molecule has 0 fully saturated rings. The number of hydrogen-bond donors (Lipinski definition) is 0. The number of nitrogens with zero attached hydrogens (tertiary/aromatic N) is 1. The normalized spacial score (nSPS) is 12.0. The molecular formula is C24H17F2INO3S-. The molecule has 0 amide bonds. The summed E-state index contributed by atoms with van der Waals surface area (Å²) in [6, 6.07) is 16.7. The Hall–Kier alpha value is -2.85.